The normalized spacial score (nSPS) is 11.4. The number of carboxylic acid groups (broad SMARTS) is 1. The van der Waals surface area contributed by atoms with Crippen LogP contribution in [0.15, 0.2) is 97.1 Å². The highest BCUT2D eigenvalue weighted by Gasteiger charge is 2.24. The van der Waals surface area contributed by atoms with E-state index in [4.69, 9.17) is 9.47 Å². The Bertz CT molecular complexity index is 1610. The van der Waals surface area contributed by atoms with Crippen LogP contribution in [0.5, 0.6) is 11.5 Å². The molecule has 0 aliphatic carbocycles. The number of carbonyl (C=O) groups is 3. The van der Waals surface area contributed by atoms with Crippen molar-refractivity contribution in [1.82, 2.24) is 10.2 Å². The van der Waals surface area contributed by atoms with Gasteiger partial charge in [0.05, 0.1) is 32.8 Å². The third-order valence-electron chi connectivity index (χ3n) is 7.39. The van der Waals surface area contributed by atoms with Crippen LogP contribution in [0.4, 0.5) is 0 Å². The van der Waals surface area contributed by atoms with E-state index in [0.29, 0.717) is 46.8 Å². The first-order chi connectivity index (χ1) is 21.9. The minimum atomic E-state index is -1.01. The molecule has 0 heterocycles. The molecule has 0 saturated heterocycles. The molecule has 0 spiro atoms. The van der Waals surface area contributed by atoms with Gasteiger partial charge in [-0.3, -0.25) is 14.4 Å². The maximum absolute atomic E-state index is 14.1. The van der Waals surface area contributed by atoms with Crippen molar-refractivity contribution in [2.24, 2.45) is 0 Å². The number of aliphatic carboxylic acids is 1. The number of benzene rings is 4. The lowest BCUT2D eigenvalue weighted by Crippen LogP contribution is -2.35. The Hall–Kier alpha value is -5.15. The number of ether oxygens (including phenoxy) is 2. The fraction of sp³-hybridized carbons (Fsp3) is 0.250. The van der Waals surface area contributed by atoms with Crippen molar-refractivity contribution in [3.63, 3.8) is 0 Å². The molecule has 0 aliphatic heterocycles. The highest BCUT2D eigenvalue weighted by Crippen LogP contribution is 2.30. The molecule has 1 atom stereocenters. The maximum atomic E-state index is 14.1. The smallest absolute Gasteiger partial charge is 0.305 e. The number of hydrogen-bond acceptors (Lipinski definition) is 6. The third kappa shape index (κ3) is 8.49. The molecule has 4 aromatic carbocycles. The van der Waals surface area contributed by atoms with Gasteiger partial charge in [0.1, 0.15) is 0 Å². The van der Waals surface area contributed by atoms with Crippen molar-refractivity contribution < 1.29 is 34.1 Å². The van der Waals surface area contributed by atoms with Gasteiger partial charge in [0, 0.05) is 24.2 Å². The Balaban J connectivity index is 1.63. The number of amides is 2. The van der Waals surface area contributed by atoms with Crippen LogP contribution in [0.1, 0.15) is 51.2 Å². The minimum Gasteiger partial charge on any atom is -0.493 e. The first-order valence-corrected chi connectivity index (χ1v) is 14.8. The number of aliphatic hydroxyl groups is 1. The van der Waals surface area contributed by atoms with Gasteiger partial charge in [0.25, 0.3) is 11.8 Å². The van der Waals surface area contributed by atoms with Crippen molar-refractivity contribution >= 4 is 17.8 Å². The summed E-state index contributed by atoms with van der Waals surface area (Å²) in [4.78, 5) is 40.7. The summed E-state index contributed by atoms with van der Waals surface area (Å²) >= 11 is 0. The van der Waals surface area contributed by atoms with E-state index in [2.05, 4.69) is 5.32 Å². The molecular weight excluding hydrogens is 572 g/mol. The van der Waals surface area contributed by atoms with Crippen molar-refractivity contribution in [2.45, 2.75) is 25.8 Å². The van der Waals surface area contributed by atoms with Gasteiger partial charge in [-0.1, -0.05) is 72.8 Å². The van der Waals surface area contributed by atoms with E-state index in [-0.39, 0.29) is 32.0 Å². The number of carboxylic acids is 1. The number of rotatable bonds is 15. The number of nitrogens with one attached hydrogen (secondary N) is 1. The zero-order valence-electron chi connectivity index (χ0n) is 25.4. The Morgan fingerprint density at radius 1 is 0.822 bits per heavy atom. The van der Waals surface area contributed by atoms with Crippen LogP contribution in [0.3, 0.4) is 0 Å². The quantitative estimate of drug-likeness (QED) is 0.165. The fourth-order valence-corrected chi connectivity index (χ4v) is 5.10. The largest absolute Gasteiger partial charge is 0.493 e. The second kappa shape index (κ2) is 16.1. The summed E-state index contributed by atoms with van der Waals surface area (Å²) in [5, 5.41) is 22.3. The van der Waals surface area contributed by atoms with Crippen LogP contribution in [0.2, 0.25) is 0 Å². The van der Waals surface area contributed by atoms with E-state index < -0.39 is 17.9 Å². The predicted molar refractivity (Wildman–Crippen MR) is 172 cm³/mol. The number of hydrogen-bond donors (Lipinski definition) is 3. The van der Waals surface area contributed by atoms with Gasteiger partial charge >= 0.3 is 5.97 Å². The highest BCUT2D eigenvalue weighted by atomic mass is 16.5. The molecule has 3 N–H and O–H groups in total. The molecule has 2 amide bonds. The van der Waals surface area contributed by atoms with Gasteiger partial charge in [-0.2, -0.15) is 0 Å². The topological polar surface area (TPSA) is 125 Å². The molecule has 0 unspecified atom stereocenters. The van der Waals surface area contributed by atoms with E-state index in [1.54, 1.807) is 61.7 Å². The molecule has 4 rings (SSSR count). The van der Waals surface area contributed by atoms with Gasteiger partial charge < -0.3 is 29.9 Å². The summed E-state index contributed by atoms with van der Waals surface area (Å²) in [6.07, 6.45) is 0.236. The average Bonchev–Trinajstić information content (AvgIpc) is 3.07. The standard InChI is InChI=1S/C36H38N2O7/c1-3-45-33-23-25(17-18-32(33)44-2)19-21-38(22-20-34(40)41)36(43)30-16-10-8-14-28(30)27-13-7-9-15-29(27)35(42)37-31(24-39)26-11-5-4-6-12-26/h4-18,23,31,39H,3,19-22,24H2,1-2H3,(H,37,42)(H,40,41)/t31-/m1/s1. The molecular formula is C36H38N2O7. The van der Waals surface area contributed by atoms with Gasteiger partial charge in [-0.15, -0.1) is 0 Å². The van der Waals surface area contributed by atoms with E-state index >= 15 is 0 Å². The predicted octanol–water partition coefficient (Wildman–Crippen LogP) is 5.38. The molecule has 0 aromatic heterocycles. The Labute approximate surface area is 263 Å². The zero-order valence-corrected chi connectivity index (χ0v) is 25.4. The first kappa shape index (κ1) is 32.8. The van der Waals surface area contributed by atoms with Crippen LogP contribution in [-0.4, -0.2) is 66.3 Å². The van der Waals surface area contributed by atoms with Crippen LogP contribution in [0, 0.1) is 0 Å². The summed E-state index contributed by atoms with van der Waals surface area (Å²) in [7, 11) is 1.57. The molecule has 234 valence electrons. The first-order valence-electron chi connectivity index (χ1n) is 14.8. The summed E-state index contributed by atoms with van der Waals surface area (Å²) in [5.74, 6) is -0.564. The monoisotopic (exact) mass is 610 g/mol. The number of carbonyl (C=O) groups excluding carboxylic acids is 2. The van der Waals surface area contributed by atoms with E-state index in [1.807, 2.05) is 49.4 Å². The summed E-state index contributed by atoms with van der Waals surface area (Å²) in [6, 6.07) is 28.1. The fourth-order valence-electron chi connectivity index (χ4n) is 5.10. The van der Waals surface area contributed by atoms with Crippen molar-refractivity contribution in [3.8, 4) is 22.6 Å². The zero-order chi connectivity index (χ0) is 32.2. The van der Waals surface area contributed by atoms with Gasteiger partial charge in [-0.25, -0.2) is 0 Å². The van der Waals surface area contributed by atoms with E-state index in [9.17, 15) is 24.6 Å². The molecule has 0 radical (unpaired) electrons. The van der Waals surface area contributed by atoms with Gasteiger partial charge in [0.2, 0.25) is 0 Å². The van der Waals surface area contributed by atoms with Gasteiger partial charge in [-0.05, 0) is 59.9 Å². The maximum Gasteiger partial charge on any atom is 0.305 e. The number of nitrogens with zero attached hydrogens (tertiary/aromatic N) is 1. The highest BCUT2D eigenvalue weighted by molar-refractivity contribution is 6.06. The molecule has 0 saturated carbocycles. The Kier molecular flexibility index (Phi) is 11.7. The molecule has 0 aliphatic rings. The molecule has 9 nitrogen and oxygen atoms in total. The van der Waals surface area contributed by atoms with Crippen LogP contribution >= 0.6 is 0 Å². The lowest BCUT2D eigenvalue weighted by atomic mass is 9.94. The number of aliphatic hydroxyl groups excluding tert-OH is 1. The summed E-state index contributed by atoms with van der Waals surface area (Å²) in [6.45, 7) is 2.33. The lowest BCUT2D eigenvalue weighted by Gasteiger charge is -2.24. The molecule has 45 heavy (non-hydrogen) atoms. The molecule has 9 heteroatoms. The second-order valence-corrected chi connectivity index (χ2v) is 10.3. The van der Waals surface area contributed by atoms with Crippen molar-refractivity contribution in [3.05, 3.63) is 119 Å². The van der Waals surface area contributed by atoms with Crippen LogP contribution in [-0.2, 0) is 11.2 Å². The lowest BCUT2D eigenvalue weighted by molar-refractivity contribution is -0.137. The van der Waals surface area contributed by atoms with Crippen LogP contribution < -0.4 is 14.8 Å². The van der Waals surface area contributed by atoms with E-state index in [1.165, 1.54) is 4.90 Å². The van der Waals surface area contributed by atoms with Crippen molar-refractivity contribution in [2.75, 3.05) is 33.4 Å². The number of methoxy groups -OCH3 is 1. The van der Waals surface area contributed by atoms with Crippen molar-refractivity contribution in [1.29, 1.82) is 0 Å². The average molecular weight is 611 g/mol. The summed E-state index contributed by atoms with van der Waals surface area (Å²) < 4.78 is 11.1. The summed E-state index contributed by atoms with van der Waals surface area (Å²) in [5.41, 5.74) is 3.43. The third-order valence-corrected chi connectivity index (χ3v) is 7.39. The molecule has 0 bridgehead atoms. The molecule has 0 fully saturated rings. The molecule has 4 aromatic rings. The Morgan fingerprint density at radius 2 is 1.47 bits per heavy atom. The van der Waals surface area contributed by atoms with Crippen LogP contribution in [0.25, 0.3) is 11.1 Å². The SMILES string of the molecule is CCOc1cc(CCN(CCC(=O)O)C(=O)c2ccccc2-c2ccccc2C(=O)N[C@H](CO)c2ccccc2)ccc1OC. The van der Waals surface area contributed by atoms with Gasteiger partial charge in [0.15, 0.2) is 11.5 Å². The van der Waals surface area contributed by atoms with E-state index in [0.717, 1.165) is 11.1 Å². The second-order valence-electron chi connectivity index (χ2n) is 10.3. The Morgan fingerprint density at radius 3 is 2.11 bits per heavy atom. The minimum absolute atomic E-state index is 0.00829.